The molecule has 3 N–H and O–H groups in total. The molecule has 11 heteroatoms. The SMILES string of the molecule is CN1CC(C)(C)COC[C@@](C)(c2cccc(CCC(=O)O)c2)c2cnc([nH]2)-c2cc(ccc2F)Oc2c(F)cc3[nH]ccc3c2CCC1=O. The maximum atomic E-state index is 15.6. The number of aromatic amines is 2. The number of carbonyl (C=O) groups excluding carboxylic acids is 1. The monoisotopic (exact) mass is 670 g/mol. The summed E-state index contributed by atoms with van der Waals surface area (Å²) in [6, 6.07) is 15.0. The minimum Gasteiger partial charge on any atom is -0.481 e. The number of hydrogen-bond donors (Lipinski definition) is 3. The van der Waals surface area contributed by atoms with Crippen LogP contribution in [0.25, 0.3) is 22.3 Å². The second-order valence-electron chi connectivity index (χ2n) is 13.8. The van der Waals surface area contributed by atoms with Crippen LogP contribution in [0.15, 0.2) is 67.0 Å². The molecule has 0 unspecified atom stereocenters. The van der Waals surface area contributed by atoms with Crippen molar-refractivity contribution < 1.29 is 33.0 Å². The van der Waals surface area contributed by atoms with Gasteiger partial charge >= 0.3 is 5.97 Å². The fourth-order valence-corrected chi connectivity index (χ4v) is 6.56. The first-order chi connectivity index (χ1) is 23.3. The van der Waals surface area contributed by atoms with Gasteiger partial charge in [-0.15, -0.1) is 0 Å². The third-order valence-corrected chi connectivity index (χ3v) is 9.20. The van der Waals surface area contributed by atoms with E-state index in [9.17, 15) is 14.7 Å². The van der Waals surface area contributed by atoms with Gasteiger partial charge in [0.2, 0.25) is 5.91 Å². The Balaban J connectivity index is 1.45. The predicted molar refractivity (Wildman–Crippen MR) is 182 cm³/mol. The molecule has 3 heterocycles. The molecule has 2 aromatic heterocycles. The number of aliphatic carboxylic acids is 1. The fourth-order valence-electron chi connectivity index (χ4n) is 6.56. The Labute approximate surface area is 283 Å². The molecule has 3 aromatic carbocycles. The minimum atomic E-state index is -0.882. The van der Waals surface area contributed by atoms with Gasteiger partial charge in [0.25, 0.3) is 0 Å². The van der Waals surface area contributed by atoms with Gasteiger partial charge in [0.1, 0.15) is 17.4 Å². The lowest BCUT2D eigenvalue weighted by Gasteiger charge is -2.34. The van der Waals surface area contributed by atoms with Crippen molar-refractivity contribution in [3.63, 3.8) is 0 Å². The first-order valence-electron chi connectivity index (χ1n) is 16.3. The number of halogens is 2. The van der Waals surface area contributed by atoms with Crippen molar-refractivity contribution in [1.29, 1.82) is 0 Å². The third kappa shape index (κ3) is 7.22. The van der Waals surface area contributed by atoms with E-state index in [-0.39, 0.29) is 54.7 Å². The van der Waals surface area contributed by atoms with E-state index in [1.807, 2.05) is 51.1 Å². The molecule has 6 rings (SSSR count). The van der Waals surface area contributed by atoms with Gasteiger partial charge in [-0.05, 0) is 55.2 Å². The maximum Gasteiger partial charge on any atom is 0.303 e. The van der Waals surface area contributed by atoms with Crippen LogP contribution in [0.3, 0.4) is 0 Å². The molecule has 0 aliphatic carbocycles. The number of rotatable bonds is 4. The van der Waals surface area contributed by atoms with E-state index < -0.39 is 28.4 Å². The number of amides is 1. The Bertz CT molecular complexity index is 2020. The Kier molecular flexibility index (Phi) is 9.30. The largest absolute Gasteiger partial charge is 0.481 e. The van der Waals surface area contributed by atoms with Gasteiger partial charge in [0.15, 0.2) is 11.6 Å². The first kappa shape index (κ1) is 33.9. The number of nitrogens with zero attached hydrogens (tertiary/aromatic N) is 2. The highest BCUT2D eigenvalue weighted by Gasteiger charge is 2.34. The van der Waals surface area contributed by atoms with Crippen LogP contribution >= 0.6 is 0 Å². The Hall–Kier alpha value is -5.03. The van der Waals surface area contributed by atoms with Crippen molar-refractivity contribution in [2.75, 3.05) is 26.8 Å². The van der Waals surface area contributed by atoms with E-state index >= 15 is 8.78 Å². The van der Waals surface area contributed by atoms with E-state index in [0.29, 0.717) is 36.3 Å². The number of carboxylic acid groups (broad SMARTS) is 1. The fraction of sp³-hybridized carbons (Fsp3) is 0.342. The Morgan fingerprint density at radius 3 is 2.65 bits per heavy atom. The second-order valence-corrected chi connectivity index (χ2v) is 13.8. The zero-order valence-corrected chi connectivity index (χ0v) is 28.0. The van der Waals surface area contributed by atoms with E-state index in [0.717, 1.165) is 16.5 Å². The van der Waals surface area contributed by atoms with Crippen LogP contribution < -0.4 is 4.74 Å². The molecule has 256 valence electrons. The number of carbonyl (C=O) groups is 2. The molecule has 1 aliphatic heterocycles. The molecule has 0 spiro atoms. The highest BCUT2D eigenvalue weighted by Crippen LogP contribution is 2.38. The predicted octanol–water partition coefficient (Wildman–Crippen LogP) is 7.40. The lowest BCUT2D eigenvalue weighted by molar-refractivity contribution is -0.137. The van der Waals surface area contributed by atoms with E-state index in [1.54, 1.807) is 24.3 Å². The summed E-state index contributed by atoms with van der Waals surface area (Å²) < 4.78 is 43.6. The summed E-state index contributed by atoms with van der Waals surface area (Å²) in [6.07, 6.45) is 4.05. The van der Waals surface area contributed by atoms with E-state index in [2.05, 4.69) is 15.0 Å². The molecule has 4 bridgehead atoms. The van der Waals surface area contributed by atoms with Gasteiger partial charge in [0, 0.05) is 72.5 Å². The van der Waals surface area contributed by atoms with Crippen LogP contribution in [0.4, 0.5) is 8.78 Å². The number of benzene rings is 3. The number of aryl methyl sites for hydroxylation is 2. The van der Waals surface area contributed by atoms with Crippen LogP contribution in [0, 0.1) is 17.0 Å². The summed E-state index contributed by atoms with van der Waals surface area (Å²) in [4.78, 5) is 37.3. The quantitative estimate of drug-likeness (QED) is 0.183. The molecule has 1 atom stereocenters. The summed E-state index contributed by atoms with van der Waals surface area (Å²) in [5, 5.41) is 9.99. The number of imidazole rings is 1. The third-order valence-electron chi connectivity index (χ3n) is 9.20. The molecular formula is C38H40F2N4O5. The number of nitrogens with one attached hydrogen (secondary N) is 2. The minimum absolute atomic E-state index is 0.00652. The summed E-state index contributed by atoms with van der Waals surface area (Å²) in [5.74, 6) is -1.73. The number of ether oxygens (including phenoxy) is 2. The molecular weight excluding hydrogens is 630 g/mol. The molecule has 0 saturated carbocycles. The van der Waals surface area contributed by atoms with Crippen molar-refractivity contribution in [2.45, 2.75) is 51.9 Å². The van der Waals surface area contributed by atoms with Gasteiger partial charge in [-0.25, -0.2) is 13.8 Å². The molecule has 9 nitrogen and oxygen atoms in total. The highest BCUT2D eigenvalue weighted by molar-refractivity contribution is 5.86. The van der Waals surface area contributed by atoms with Crippen molar-refractivity contribution in [3.05, 3.63) is 101 Å². The van der Waals surface area contributed by atoms with Gasteiger partial charge in [-0.1, -0.05) is 38.1 Å². The highest BCUT2D eigenvalue weighted by atomic mass is 19.1. The number of carboxylic acids is 1. The number of fused-ring (bicyclic) bond motifs is 8. The lowest BCUT2D eigenvalue weighted by atomic mass is 9.79. The van der Waals surface area contributed by atoms with Gasteiger partial charge < -0.3 is 29.4 Å². The molecule has 0 saturated heterocycles. The Morgan fingerprint density at radius 1 is 1.04 bits per heavy atom. The van der Waals surface area contributed by atoms with Crippen molar-refractivity contribution >= 4 is 22.8 Å². The van der Waals surface area contributed by atoms with Crippen molar-refractivity contribution in [3.8, 4) is 22.9 Å². The second kappa shape index (κ2) is 13.5. The zero-order valence-electron chi connectivity index (χ0n) is 28.0. The van der Waals surface area contributed by atoms with Crippen LogP contribution in [-0.2, 0) is 32.6 Å². The average molecular weight is 671 g/mol. The van der Waals surface area contributed by atoms with Gasteiger partial charge in [-0.3, -0.25) is 9.59 Å². The van der Waals surface area contributed by atoms with Crippen LogP contribution in [0.1, 0.15) is 56.0 Å². The summed E-state index contributed by atoms with van der Waals surface area (Å²) in [6.45, 7) is 6.98. The Morgan fingerprint density at radius 2 is 1.86 bits per heavy atom. The average Bonchev–Trinajstić information content (AvgIpc) is 3.74. The molecule has 1 amide bonds. The van der Waals surface area contributed by atoms with E-state index in [1.165, 1.54) is 24.3 Å². The van der Waals surface area contributed by atoms with Crippen LogP contribution in [0.5, 0.6) is 11.5 Å². The van der Waals surface area contributed by atoms with Gasteiger partial charge in [-0.2, -0.15) is 0 Å². The summed E-state index contributed by atoms with van der Waals surface area (Å²) in [5.41, 5.74) is 2.38. The van der Waals surface area contributed by atoms with Crippen LogP contribution in [0.2, 0.25) is 0 Å². The smallest absolute Gasteiger partial charge is 0.303 e. The standard InChI is InChI=1S/C38H40F2N4O5/c1-37(2)20-44(4)33(45)12-10-27-26-14-15-41-31(26)18-30(40)35(27)49-25-9-11-29(39)28(17-25)36-42-19-32(43-36)38(3,22-48-21-37)24-7-5-6-23(16-24)8-13-34(46)47/h5-7,9,11,14-19,41H,8,10,12-13,20-22H2,1-4H3,(H,42,43)(H,46,47)/t38-/m0/s1. The summed E-state index contributed by atoms with van der Waals surface area (Å²) >= 11 is 0. The van der Waals surface area contributed by atoms with Gasteiger partial charge in [0.05, 0.1) is 24.2 Å². The first-order valence-corrected chi connectivity index (χ1v) is 16.3. The number of aromatic nitrogens is 3. The maximum absolute atomic E-state index is 15.6. The number of H-pyrrole nitrogens is 2. The molecule has 0 fully saturated rings. The normalized spacial score (nSPS) is 18.7. The van der Waals surface area contributed by atoms with Crippen molar-refractivity contribution in [1.82, 2.24) is 19.9 Å². The molecule has 1 aliphatic rings. The topological polar surface area (TPSA) is 121 Å². The van der Waals surface area contributed by atoms with E-state index in [4.69, 9.17) is 9.47 Å². The summed E-state index contributed by atoms with van der Waals surface area (Å²) in [7, 11) is 1.75. The molecule has 5 aromatic rings. The lowest BCUT2D eigenvalue weighted by Crippen LogP contribution is -2.40. The zero-order chi connectivity index (χ0) is 34.9. The molecule has 0 radical (unpaired) electrons. The van der Waals surface area contributed by atoms with Crippen molar-refractivity contribution in [2.24, 2.45) is 5.41 Å². The molecule has 49 heavy (non-hydrogen) atoms. The number of hydrogen-bond acceptors (Lipinski definition) is 5. The van der Waals surface area contributed by atoms with Crippen LogP contribution in [-0.4, -0.2) is 63.6 Å².